The summed E-state index contributed by atoms with van der Waals surface area (Å²) < 4.78 is 6.30. The van der Waals surface area contributed by atoms with Gasteiger partial charge in [0.25, 0.3) is 0 Å². The molecule has 3 atom stereocenters. The molecule has 0 bridgehead atoms. The van der Waals surface area contributed by atoms with E-state index in [4.69, 9.17) is 21.3 Å². The Labute approximate surface area is 268 Å². The highest BCUT2D eigenvalue weighted by Crippen LogP contribution is 2.41. The number of ketones is 1. The average Bonchev–Trinajstić information content (AvgIpc) is 3.28. The van der Waals surface area contributed by atoms with Crippen molar-refractivity contribution in [2.75, 3.05) is 4.90 Å². The van der Waals surface area contributed by atoms with Crippen LogP contribution in [0.3, 0.4) is 0 Å². The molecule has 6 rings (SSSR count). The summed E-state index contributed by atoms with van der Waals surface area (Å²) in [4.78, 5) is 59.1. The third-order valence-corrected chi connectivity index (χ3v) is 10.0. The van der Waals surface area contributed by atoms with Gasteiger partial charge in [-0.15, -0.1) is 0 Å². The van der Waals surface area contributed by atoms with Crippen molar-refractivity contribution < 1.29 is 23.9 Å². The van der Waals surface area contributed by atoms with Crippen molar-refractivity contribution in [1.29, 1.82) is 0 Å². The zero-order valence-corrected chi connectivity index (χ0v) is 26.9. The Hall–Kier alpha value is -3.88. The largest absolute Gasteiger partial charge is 0.451 e. The van der Waals surface area contributed by atoms with Crippen LogP contribution < -0.4 is 4.90 Å². The Morgan fingerprint density at radius 3 is 2.18 bits per heavy atom. The number of aryl methyl sites for hydroxylation is 2. The van der Waals surface area contributed by atoms with Gasteiger partial charge in [-0.2, -0.15) is 0 Å². The highest BCUT2D eigenvalue weighted by atomic mass is 79.9. The van der Waals surface area contributed by atoms with Crippen molar-refractivity contribution in [3.8, 4) is 11.3 Å². The SMILES string of the molecule is Cc1ccc(C(=O)C(C)OC(=O)c2cc(-c3ccc(N4C(=O)C5CCCCC5C4=O)cc3)nc3c(C)c(Cl)c(Br)cc23)cc1. The molecule has 7 nitrogen and oxygen atoms in total. The molecule has 2 fully saturated rings. The first-order valence-electron chi connectivity index (χ1n) is 14.6. The van der Waals surface area contributed by atoms with Crippen molar-refractivity contribution in [3.05, 3.63) is 92.4 Å². The number of pyridine rings is 1. The molecule has 1 aromatic heterocycles. The number of Topliss-reactive ketones (excluding diaryl/α,β-unsaturated/α-hetero) is 1. The highest BCUT2D eigenvalue weighted by molar-refractivity contribution is 9.10. The topological polar surface area (TPSA) is 93.6 Å². The number of halogens is 2. The number of aromatic nitrogens is 1. The van der Waals surface area contributed by atoms with E-state index in [0.29, 0.717) is 48.5 Å². The normalized spacial score (nSPS) is 18.8. The lowest BCUT2D eigenvalue weighted by Crippen LogP contribution is -2.30. The monoisotopic (exact) mass is 672 g/mol. The summed E-state index contributed by atoms with van der Waals surface area (Å²) in [5.41, 5.74) is 4.55. The van der Waals surface area contributed by atoms with Crippen LogP contribution in [-0.2, 0) is 14.3 Å². The third kappa shape index (κ3) is 5.35. The second kappa shape index (κ2) is 11.9. The molecule has 1 aliphatic heterocycles. The standard InChI is InChI=1S/C35H30BrClN2O5/c1-18-8-10-22(11-9-18)32(40)20(3)44-35(43)27-17-29(38-31-19(2)30(37)28(36)16-26(27)31)21-12-14-23(15-13-21)39-33(41)24-6-4-5-7-25(24)34(39)42/h8-17,20,24-25H,4-7H2,1-3H3. The molecular formula is C35H30BrClN2O5. The van der Waals surface area contributed by atoms with Crippen LogP contribution in [0.15, 0.2) is 65.1 Å². The minimum atomic E-state index is -1.02. The van der Waals surface area contributed by atoms with E-state index in [1.165, 1.54) is 4.90 Å². The van der Waals surface area contributed by atoms with Gasteiger partial charge in [-0.25, -0.2) is 9.78 Å². The zero-order valence-electron chi connectivity index (χ0n) is 24.5. The molecule has 9 heteroatoms. The van der Waals surface area contributed by atoms with Crippen LogP contribution in [0.25, 0.3) is 22.2 Å². The number of carbonyl (C=O) groups is 4. The highest BCUT2D eigenvalue weighted by Gasteiger charge is 2.48. The molecule has 4 aromatic rings. The fourth-order valence-electron chi connectivity index (χ4n) is 6.20. The number of nitrogens with zero attached hydrogens (tertiary/aromatic N) is 2. The molecule has 44 heavy (non-hydrogen) atoms. The number of hydrogen-bond acceptors (Lipinski definition) is 6. The molecule has 0 N–H and O–H groups in total. The fourth-order valence-corrected chi connectivity index (χ4v) is 6.88. The summed E-state index contributed by atoms with van der Waals surface area (Å²) in [7, 11) is 0. The van der Waals surface area contributed by atoms with E-state index in [0.717, 1.165) is 31.2 Å². The summed E-state index contributed by atoms with van der Waals surface area (Å²) in [6, 6.07) is 17.5. The molecule has 224 valence electrons. The van der Waals surface area contributed by atoms with Gasteiger partial charge in [0.2, 0.25) is 17.6 Å². The van der Waals surface area contributed by atoms with Crippen LogP contribution in [0.2, 0.25) is 5.02 Å². The second-order valence-electron chi connectivity index (χ2n) is 11.6. The maximum atomic E-state index is 13.6. The Kier molecular flexibility index (Phi) is 8.16. The molecule has 2 heterocycles. The molecule has 3 unspecified atom stereocenters. The molecule has 0 spiro atoms. The smallest absolute Gasteiger partial charge is 0.339 e. The summed E-state index contributed by atoms with van der Waals surface area (Å²) in [5, 5.41) is 0.988. The van der Waals surface area contributed by atoms with Crippen molar-refractivity contribution in [1.82, 2.24) is 4.98 Å². The first kappa shape index (κ1) is 30.2. The zero-order chi connectivity index (χ0) is 31.3. The number of carbonyl (C=O) groups excluding carboxylic acids is 4. The van der Waals surface area contributed by atoms with Crippen LogP contribution in [0.5, 0.6) is 0 Å². The lowest BCUT2D eigenvalue weighted by atomic mass is 9.81. The molecule has 3 aromatic carbocycles. The van der Waals surface area contributed by atoms with E-state index in [9.17, 15) is 19.2 Å². The summed E-state index contributed by atoms with van der Waals surface area (Å²) >= 11 is 10.0. The minimum Gasteiger partial charge on any atom is -0.451 e. The van der Waals surface area contributed by atoms with Crippen molar-refractivity contribution in [3.63, 3.8) is 0 Å². The molecule has 0 radical (unpaired) electrons. The van der Waals surface area contributed by atoms with E-state index in [-0.39, 0.29) is 35.0 Å². The Balaban J connectivity index is 1.35. The number of anilines is 1. The molecular weight excluding hydrogens is 644 g/mol. The average molecular weight is 674 g/mol. The minimum absolute atomic E-state index is 0.133. The van der Waals surface area contributed by atoms with E-state index in [1.807, 2.05) is 26.0 Å². The lowest BCUT2D eigenvalue weighted by Gasteiger charge is -2.19. The van der Waals surface area contributed by atoms with Crippen molar-refractivity contribution >= 4 is 67.7 Å². The summed E-state index contributed by atoms with van der Waals surface area (Å²) in [6.45, 7) is 5.30. The quantitative estimate of drug-likeness (QED) is 0.117. The Bertz CT molecular complexity index is 1810. The number of fused-ring (bicyclic) bond motifs is 2. The third-order valence-electron chi connectivity index (χ3n) is 8.70. The number of rotatable bonds is 6. The van der Waals surface area contributed by atoms with Crippen LogP contribution in [0.4, 0.5) is 5.69 Å². The van der Waals surface area contributed by atoms with Gasteiger partial charge in [-0.05, 0) is 79.4 Å². The molecule has 1 saturated carbocycles. The lowest BCUT2D eigenvalue weighted by molar-refractivity contribution is -0.122. The molecule has 1 saturated heterocycles. The van der Waals surface area contributed by atoms with Gasteiger partial charge in [0.05, 0.1) is 39.3 Å². The van der Waals surface area contributed by atoms with Crippen LogP contribution in [0.1, 0.15) is 64.4 Å². The number of imide groups is 1. The van der Waals surface area contributed by atoms with E-state index >= 15 is 0 Å². The van der Waals surface area contributed by atoms with E-state index < -0.39 is 12.1 Å². The van der Waals surface area contributed by atoms with Gasteiger partial charge in [0.1, 0.15) is 0 Å². The Morgan fingerprint density at radius 1 is 0.955 bits per heavy atom. The number of hydrogen-bond donors (Lipinski definition) is 0. The van der Waals surface area contributed by atoms with Gasteiger partial charge >= 0.3 is 5.97 Å². The molecule has 1 aliphatic carbocycles. The van der Waals surface area contributed by atoms with Gasteiger partial charge in [-0.3, -0.25) is 19.3 Å². The molecule has 2 amide bonds. The van der Waals surface area contributed by atoms with Gasteiger partial charge < -0.3 is 4.74 Å². The van der Waals surface area contributed by atoms with Crippen LogP contribution in [0, 0.1) is 25.7 Å². The summed E-state index contributed by atoms with van der Waals surface area (Å²) in [6.07, 6.45) is 2.40. The summed E-state index contributed by atoms with van der Waals surface area (Å²) in [5.74, 6) is -1.72. The van der Waals surface area contributed by atoms with E-state index in [1.54, 1.807) is 55.5 Å². The maximum absolute atomic E-state index is 13.6. The van der Waals surface area contributed by atoms with Gasteiger partial charge in [0, 0.05) is 21.0 Å². The second-order valence-corrected chi connectivity index (χ2v) is 12.8. The number of ether oxygens (including phenoxy) is 1. The van der Waals surface area contributed by atoms with Crippen molar-refractivity contribution in [2.24, 2.45) is 11.8 Å². The van der Waals surface area contributed by atoms with Crippen LogP contribution in [-0.4, -0.2) is 34.7 Å². The molecule has 2 aliphatic rings. The van der Waals surface area contributed by atoms with Gasteiger partial charge in [0.15, 0.2) is 6.10 Å². The first-order chi connectivity index (χ1) is 21.0. The van der Waals surface area contributed by atoms with Crippen molar-refractivity contribution in [2.45, 2.75) is 52.6 Å². The number of esters is 1. The number of benzene rings is 3. The Morgan fingerprint density at radius 2 is 1.57 bits per heavy atom. The predicted molar refractivity (Wildman–Crippen MR) is 173 cm³/mol. The van der Waals surface area contributed by atoms with Gasteiger partial charge in [-0.1, -0.05) is 66.4 Å². The number of amides is 2. The maximum Gasteiger partial charge on any atom is 0.339 e. The predicted octanol–water partition coefficient (Wildman–Crippen LogP) is 8.04. The fraction of sp³-hybridized carbons (Fsp3) is 0.286. The van der Waals surface area contributed by atoms with E-state index in [2.05, 4.69) is 15.9 Å². The first-order valence-corrected chi connectivity index (χ1v) is 15.8. The van der Waals surface area contributed by atoms with Crippen LogP contribution >= 0.6 is 27.5 Å².